The van der Waals surface area contributed by atoms with Gasteiger partial charge < -0.3 is 15.0 Å². The predicted molar refractivity (Wildman–Crippen MR) is 81.9 cm³/mol. The number of methoxy groups -OCH3 is 1. The highest BCUT2D eigenvalue weighted by Gasteiger charge is 2.16. The molecule has 0 saturated heterocycles. The first-order valence-corrected chi connectivity index (χ1v) is 6.63. The van der Waals surface area contributed by atoms with E-state index in [2.05, 4.69) is 15.3 Å². The minimum Gasteiger partial charge on any atom is -0.497 e. The summed E-state index contributed by atoms with van der Waals surface area (Å²) in [6, 6.07) is 7.29. The molecule has 1 heterocycles. The van der Waals surface area contributed by atoms with Gasteiger partial charge in [0.05, 0.1) is 19.5 Å². The molecule has 110 valence electrons. The van der Waals surface area contributed by atoms with Crippen LogP contribution in [0.2, 0.25) is 0 Å². The zero-order valence-electron chi connectivity index (χ0n) is 12.3. The molecule has 21 heavy (non-hydrogen) atoms. The van der Waals surface area contributed by atoms with Gasteiger partial charge in [0.1, 0.15) is 17.3 Å². The summed E-state index contributed by atoms with van der Waals surface area (Å²) in [4.78, 5) is 22.3. The van der Waals surface area contributed by atoms with Gasteiger partial charge in [-0.15, -0.1) is 0 Å². The van der Waals surface area contributed by atoms with Gasteiger partial charge in [-0.1, -0.05) is 6.07 Å². The van der Waals surface area contributed by atoms with E-state index in [1.807, 2.05) is 25.1 Å². The number of anilines is 2. The van der Waals surface area contributed by atoms with Crippen molar-refractivity contribution in [3.8, 4) is 5.75 Å². The smallest absolute Gasteiger partial charge is 0.278 e. The third-order valence-corrected chi connectivity index (χ3v) is 2.96. The molecule has 0 aliphatic carbocycles. The largest absolute Gasteiger partial charge is 0.497 e. The molecule has 0 bridgehead atoms. The minimum atomic E-state index is -0.226. The van der Waals surface area contributed by atoms with E-state index in [1.54, 1.807) is 26.4 Å². The molecular formula is C15H18N4O2. The second-order valence-corrected chi connectivity index (χ2v) is 4.39. The Labute approximate surface area is 123 Å². The van der Waals surface area contributed by atoms with Gasteiger partial charge in [-0.3, -0.25) is 9.78 Å². The van der Waals surface area contributed by atoms with Crippen LogP contribution < -0.4 is 15.0 Å². The van der Waals surface area contributed by atoms with Crippen molar-refractivity contribution in [2.24, 2.45) is 0 Å². The number of carbonyl (C=O) groups is 1. The van der Waals surface area contributed by atoms with E-state index in [0.29, 0.717) is 17.3 Å². The van der Waals surface area contributed by atoms with Crippen molar-refractivity contribution in [1.29, 1.82) is 0 Å². The highest BCUT2D eigenvalue weighted by molar-refractivity contribution is 6.04. The summed E-state index contributed by atoms with van der Waals surface area (Å²) < 4.78 is 5.17. The highest BCUT2D eigenvalue weighted by atomic mass is 16.5. The number of benzene rings is 1. The number of rotatable bonds is 5. The standard InChI is InChI=1S/C15H18N4O2/c1-4-17-14-10-16-9-13(18-14)15(20)19(2)11-6-5-7-12(8-11)21-3/h5-10H,4H2,1-3H3,(H,17,18). The normalized spacial score (nSPS) is 10.0. The number of aromatic nitrogens is 2. The predicted octanol–water partition coefficient (Wildman–Crippen LogP) is 2.19. The molecule has 0 radical (unpaired) electrons. The molecule has 1 amide bonds. The Morgan fingerprint density at radius 2 is 2.19 bits per heavy atom. The fourth-order valence-electron chi connectivity index (χ4n) is 1.84. The lowest BCUT2D eigenvalue weighted by molar-refractivity contribution is 0.0988. The van der Waals surface area contributed by atoms with Gasteiger partial charge in [0.25, 0.3) is 5.91 Å². The quantitative estimate of drug-likeness (QED) is 0.912. The molecule has 6 nitrogen and oxygen atoms in total. The summed E-state index contributed by atoms with van der Waals surface area (Å²) in [5, 5.41) is 3.04. The number of amides is 1. The van der Waals surface area contributed by atoms with Crippen molar-refractivity contribution >= 4 is 17.4 Å². The number of ether oxygens (including phenoxy) is 1. The Morgan fingerprint density at radius 3 is 2.90 bits per heavy atom. The Hall–Kier alpha value is -2.63. The molecule has 1 aromatic carbocycles. The number of hydrogen-bond donors (Lipinski definition) is 1. The number of hydrogen-bond acceptors (Lipinski definition) is 5. The van der Waals surface area contributed by atoms with Crippen molar-refractivity contribution in [3.63, 3.8) is 0 Å². The van der Waals surface area contributed by atoms with Gasteiger partial charge in [-0.2, -0.15) is 0 Å². The molecule has 2 rings (SSSR count). The second kappa shape index (κ2) is 6.69. The fraction of sp³-hybridized carbons (Fsp3) is 0.267. The Morgan fingerprint density at radius 1 is 1.38 bits per heavy atom. The molecule has 0 aliphatic heterocycles. The van der Waals surface area contributed by atoms with Crippen molar-refractivity contribution in [3.05, 3.63) is 42.4 Å². The van der Waals surface area contributed by atoms with Crippen molar-refractivity contribution in [1.82, 2.24) is 9.97 Å². The van der Waals surface area contributed by atoms with Gasteiger partial charge in [0.2, 0.25) is 0 Å². The Kier molecular flexibility index (Phi) is 4.71. The number of nitrogens with zero attached hydrogens (tertiary/aromatic N) is 3. The fourth-order valence-corrected chi connectivity index (χ4v) is 1.84. The first-order chi connectivity index (χ1) is 10.2. The average Bonchev–Trinajstić information content (AvgIpc) is 2.54. The summed E-state index contributed by atoms with van der Waals surface area (Å²) in [7, 11) is 3.28. The Bertz CT molecular complexity index is 631. The van der Waals surface area contributed by atoms with Crippen molar-refractivity contribution in [2.75, 3.05) is 30.9 Å². The van der Waals surface area contributed by atoms with Crippen LogP contribution in [0.25, 0.3) is 0 Å². The molecule has 0 atom stereocenters. The van der Waals surface area contributed by atoms with Crippen LogP contribution >= 0.6 is 0 Å². The summed E-state index contributed by atoms with van der Waals surface area (Å²) in [6.45, 7) is 2.68. The number of nitrogens with one attached hydrogen (secondary N) is 1. The van der Waals surface area contributed by atoms with Gasteiger partial charge in [0, 0.05) is 25.3 Å². The third-order valence-electron chi connectivity index (χ3n) is 2.96. The van der Waals surface area contributed by atoms with Crippen LogP contribution in [0, 0.1) is 0 Å². The minimum absolute atomic E-state index is 0.226. The van der Waals surface area contributed by atoms with Gasteiger partial charge in [0.15, 0.2) is 0 Å². The van der Waals surface area contributed by atoms with Crippen molar-refractivity contribution < 1.29 is 9.53 Å². The van der Waals surface area contributed by atoms with Gasteiger partial charge >= 0.3 is 0 Å². The summed E-state index contributed by atoms with van der Waals surface area (Å²) in [5.41, 5.74) is 1.02. The molecule has 0 fully saturated rings. The van der Waals surface area contributed by atoms with E-state index in [-0.39, 0.29) is 5.91 Å². The maximum Gasteiger partial charge on any atom is 0.278 e. The van der Waals surface area contributed by atoms with E-state index in [9.17, 15) is 4.79 Å². The lowest BCUT2D eigenvalue weighted by atomic mass is 10.2. The van der Waals surface area contributed by atoms with Crippen LogP contribution in [0.5, 0.6) is 5.75 Å². The molecule has 6 heteroatoms. The summed E-state index contributed by atoms with van der Waals surface area (Å²) >= 11 is 0. The molecule has 0 saturated carbocycles. The third kappa shape index (κ3) is 3.47. The number of carbonyl (C=O) groups excluding carboxylic acids is 1. The van der Waals surface area contributed by atoms with Gasteiger partial charge in [-0.25, -0.2) is 4.98 Å². The van der Waals surface area contributed by atoms with Crippen LogP contribution in [0.3, 0.4) is 0 Å². The molecule has 0 unspecified atom stereocenters. The van der Waals surface area contributed by atoms with E-state index >= 15 is 0 Å². The topological polar surface area (TPSA) is 67.4 Å². The SMILES string of the molecule is CCNc1cncc(C(=O)N(C)c2cccc(OC)c2)n1. The molecule has 1 aromatic heterocycles. The van der Waals surface area contributed by atoms with Crippen LogP contribution in [-0.2, 0) is 0 Å². The zero-order valence-corrected chi connectivity index (χ0v) is 12.3. The van der Waals surface area contributed by atoms with Crippen LogP contribution in [0.1, 0.15) is 17.4 Å². The monoisotopic (exact) mass is 286 g/mol. The van der Waals surface area contributed by atoms with Crippen LogP contribution in [-0.4, -0.2) is 36.6 Å². The second-order valence-electron chi connectivity index (χ2n) is 4.39. The van der Waals surface area contributed by atoms with Crippen LogP contribution in [0.15, 0.2) is 36.7 Å². The molecule has 0 aliphatic rings. The molecular weight excluding hydrogens is 268 g/mol. The Balaban J connectivity index is 2.23. The zero-order chi connectivity index (χ0) is 15.2. The van der Waals surface area contributed by atoms with Crippen LogP contribution in [0.4, 0.5) is 11.5 Å². The maximum atomic E-state index is 12.5. The molecule has 2 aromatic rings. The lowest BCUT2D eigenvalue weighted by Crippen LogP contribution is -2.27. The van der Waals surface area contributed by atoms with E-state index < -0.39 is 0 Å². The first-order valence-electron chi connectivity index (χ1n) is 6.63. The lowest BCUT2D eigenvalue weighted by Gasteiger charge is -2.17. The summed E-state index contributed by atoms with van der Waals surface area (Å²) in [6.07, 6.45) is 3.05. The average molecular weight is 286 g/mol. The summed E-state index contributed by atoms with van der Waals surface area (Å²) in [5.74, 6) is 1.05. The van der Waals surface area contributed by atoms with Gasteiger partial charge in [-0.05, 0) is 19.1 Å². The van der Waals surface area contributed by atoms with E-state index in [4.69, 9.17) is 4.74 Å². The first kappa shape index (κ1) is 14.8. The molecule has 1 N–H and O–H groups in total. The maximum absolute atomic E-state index is 12.5. The molecule has 0 spiro atoms. The van der Waals surface area contributed by atoms with E-state index in [1.165, 1.54) is 11.1 Å². The van der Waals surface area contributed by atoms with Crippen molar-refractivity contribution in [2.45, 2.75) is 6.92 Å². The highest BCUT2D eigenvalue weighted by Crippen LogP contribution is 2.21. The van der Waals surface area contributed by atoms with E-state index in [0.717, 1.165) is 12.2 Å².